The second-order valence-electron chi connectivity index (χ2n) is 6.95. The molecule has 2 N–H and O–H groups in total. The molecule has 1 aromatic heterocycles. The Balaban J connectivity index is 1.71. The van der Waals surface area contributed by atoms with Crippen LogP contribution in [0, 0.1) is 12.3 Å². The van der Waals surface area contributed by atoms with E-state index in [9.17, 15) is 9.59 Å². The van der Waals surface area contributed by atoms with Crippen LogP contribution in [0.3, 0.4) is 0 Å². The van der Waals surface area contributed by atoms with Gasteiger partial charge in [0, 0.05) is 19.3 Å². The summed E-state index contributed by atoms with van der Waals surface area (Å²) in [5.74, 6) is 2.47. The molecule has 1 aromatic carbocycles. The maximum atomic E-state index is 12.6. The number of morpholine rings is 1. The Hall–Kier alpha value is -3.37. The van der Waals surface area contributed by atoms with Crippen molar-refractivity contribution in [3.05, 3.63) is 53.7 Å². The summed E-state index contributed by atoms with van der Waals surface area (Å²) in [6.07, 6.45) is 6.97. The van der Waals surface area contributed by atoms with Crippen molar-refractivity contribution < 1.29 is 14.3 Å². The number of terminal acetylenes is 1. The van der Waals surface area contributed by atoms with E-state index in [1.54, 1.807) is 30.3 Å². The van der Waals surface area contributed by atoms with Gasteiger partial charge in [-0.15, -0.1) is 6.42 Å². The fourth-order valence-corrected chi connectivity index (χ4v) is 3.28. The number of hydrogen-bond donors (Lipinski definition) is 2. The molecule has 2 amide bonds. The van der Waals surface area contributed by atoms with Crippen molar-refractivity contribution in [3.8, 4) is 12.3 Å². The van der Waals surface area contributed by atoms with Crippen LogP contribution in [-0.4, -0.2) is 48.6 Å². The molecular weight excluding hydrogens is 368 g/mol. The quantitative estimate of drug-likeness (QED) is 0.763. The van der Waals surface area contributed by atoms with Crippen LogP contribution in [-0.2, 0) is 4.74 Å². The number of aromatic nitrogens is 1. The molecule has 2 aromatic rings. The first-order chi connectivity index (χ1) is 14.0. The number of nitrogens with one attached hydrogen (secondary N) is 2. The average molecular weight is 392 g/mol. The van der Waals surface area contributed by atoms with Gasteiger partial charge < -0.3 is 20.3 Å². The Kier molecular flexibility index (Phi) is 6.47. The minimum absolute atomic E-state index is 0.116. The van der Waals surface area contributed by atoms with E-state index in [2.05, 4.69) is 26.4 Å². The zero-order valence-electron chi connectivity index (χ0n) is 16.5. The number of anilines is 2. The highest BCUT2D eigenvalue weighted by Gasteiger charge is 2.23. The lowest BCUT2D eigenvalue weighted by atomic mass is 10.1. The molecule has 150 valence electrons. The topological polar surface area (TPSA) is 83.6 Å². The highest BCUT2D eigenvalue weighted by Crippen LogP contribution is 2.20. The number of benzene rings is 1. The SMILES string of the molecule is C#CCNC(=O)c1ccccc1NC(=O)c1ccc(N2CC(C)OC(C)C2)nc1. The van der Waals surface area contributed by atoms with E-state index in [0.29, 0.717) is 16.8 Å². The molecule has 2 unspecified atom stereocenters. The van der Waals surface area contributed by atoms with Crippen LogP contribution in [0.25, 0.3) is 0 Å². The van der Waals surface area contributed by atoms with Gasteiger partial charge in [-0.1, -0.05) is 18.1 Å². The smallest absolute Gasteiger partial charge is 0.257 e. The predicted octanol–water partition coefficient (Wildman–Crippen LogP) is 2.31. The summed E-state index contributed by atoms with van der Waals surface area (Å²) in [5, 5.41) is 5.37. The molecule has 0 aliphatic carbocycles. The summed E-state index contributed by atoms with van der Waals surface area (Å²) in [5.41, 5.74) is 1.16. The Labute approximate surface area is 170 Å². The summed E-state index contributed by atoms with van der Waals surface area (Å²) in [4.78, 5) is 31.5. The largest absolute Gasteiger partial charge is 0.372 e. The van der Waals surface area contributed by atoms with Crippen LogP contribution in [0.1, 0.15) is 34.6 Å². The van der Waals surface area contributed by atoms with Crippen molar-refractivity contribution in [3.63, 3.8) is 0 Å². The van der Waals surface area contributed by atoms with Crippen LogP contribution in [0.5, 0.6) is 0 Å². The van der Waals surface area contributed by atoms with E-state index >= 15 is 0 Å². The summed E-state index contributed by atoms with van der Waals surface area (Å²) >= 11 is 0. The van der Waals surface area contributed by atoms with Gasteiger partial charge in [0.05, 0.1) is 35.6 Å². The van der Waals surface area contributed by atoms with Gasteiger partial charge >= 0.3 is 0 Å². The lowest BCUT2D eigenvalue weighted by Gasteiger charge is -2.36. The van der Waals surface area contributed by atoms with Crippen LogP contribution < -0.4 is 15.5 Å². The van der Waals surface area contributed by atoms with Crippen molar-refractivity contribution in [1.29, 1.82) is 0 Å². The van der Waals surface area contributed by atoms with Gasteiger partial charge in [-0.2, -0.15) is 0 Å². The van der Waals surface area contributed by atoms with Crippen molar-refractivity contribution in [2.75, 3.05) is 29.9 Å². The molecule has 1 aliphatic heterocycles. The maximum Gasteiger partial charge on any atom is 0.257 e. The molecule has 3 rings (SSSR count). The minimum atomic E-state index is -0.345. The zero-order valence-corrected chi connectivity index (χ0v) is 16.5. The summed E-state index contributed by atoms with van der Waals surface area (Å²) < 4.78 is 5.74. The monoisotopic (exact) mass is 392 g/mol. The Morgan fingerprint density at radius 2 is 1.90 bits per heavy atom. The van der Waals surface area contributed by atoms with E-state index < -0.39 is 0 Å². The summed E-state index contributed by atoms with van der Waals surface area (Å²) in [7, 11) is 0. The van der Waals surface area contributed by atoms with E-state index in [1.165, 1.54) is 6.20 Å². The summed E-state index contributed by atoms with van der Waals surface area (Å²) in [6.45, 7) is 5.68. The number of carbonyl (C=O) groups is 2. The van der Waals surface area contributed by atoms with Crippen LogP contribution in [0.2, 0.25) is 0 Å². The minimum Gasteiger partial charge on any atom is -0.372 e. The van der Waals surface area contributed by atoms with Crippen molar-refractivity contribution >= 4 is 23.3 Å². The molecule has 0 radical (unpaired) electrons. The van der Waals surface area contributed by atoms with Crippen molar-refractivity contribution in [2.45, 2.75) is 26.1 Å². The fraction of sp³-hybridized carbons (Fsp3) is 0.318. The number of amides is 2. The molecule has 7 heteroatoms. The number of ether oxygens (including phenoxy) is 1. The number of pyridine rings is 1. The van der Waals surface area contributed by atoms with E-state index in [0.717, 1.165) is 18.9 Å². The van der Waals surface area contributed by atoms with Gasteiger partial charge in [0.1, 0.15) is 5.82 Å². The van der Waals surface area contributed by atoms with E-state index in [-0.39, 0.29) is 30.6 Å². The van der Waals surface area contributed by atoms with Gasteiger partial charge in [-0.25, -0.2) is 4.98 Å². The third kappa shape index (κ3) is 5.12. The molecule has 0 spiro atoms. The number of hydrogen-bond acceptors (Lipinski definition) is 5. The van der Waals surface area contributed by atoms with Gasteiger partial charge in [0.15, 0.2) is 0 Å². The lowest BCUT2D eigenvalue weighted by molar-refractivity contribution is -0.00546. The Bertz CT molecular complexity index is 910. The number of rotatable bonds is 5. The molecule has 1 fully saturated rings. The highest BCUT2D eigenvalue weighted by molar-refractivity contribution is 6.08. The average Bonchev–Trinajstić information content (AvgIpc) is 2.71. The fourth-order valence-electron chi connectivity index (χ4n) is 3.28. The Morgan fingerprint density at radius 3 is 2.55 bits per heavy atom. The first-order valence-electron chi connectivity index (χ1n) is 9.46. The first kappa shape index (κ1) is 20.4. The maximum absolute atomic E-state index is 12.6. The molecule has 2 heterocycles. The standard InChI is InChI=1S/C22H24N4O3/c1-4-11-23-22(28)18-7-5-6-8-19(18)25-21(27)17-9-10-20(24-12-17)26-13-15(2)29-16(3)14-26/h1,5-10,12,15-16H,11,13-14H2,2-3H3,(H,23,28)(H,25,27). The molecule has 2 atom stereocenters. The van der Waals surface area contributed by atoms with Gasteiger partial charge in [-0.05, 0) is 38.1 Å². The third-order valence-electron chi connectivity index (χ3n) is 4.52. The zero-order chi connectivity index (χ0) is 20.8. The molecular formula is C22H24N4O3. The molecule has 1 aliphatic rings. The predicted molar refractivity (Wildman–Crippen MR) is 112 cm³/mol. The number of nitrogens with zero attached hydrogens (tertiary/aromatic N) is 2. The van der Waals surface area contributed by atoms with Crippen molar-refractivity contribution in [1.82, 2.24) is 10.3 Å². The normalized spacial score (nSPS) is 18.6. The van der Waals surface area contributed by atoms with Gasteiger partial charge in [0.25, 0.3) is 11.8 Å². The van der Waals surface area contributed by atoms with Crippen LogP contribution >= 0.6 is 0 Å². The molecule has 0 bridgehead atoms. The van der Waals surface area contributed by atoms with Crippen LogP contribution in [0.15, 0.2) is 42.6 Å². The van der Waals surface area contributed by atoms with Gasteiger partial charge in [-0.3, -0.25) is 9.59 Å². The Morgan fingerprint density at radius 1 is 1.17 bits per heavy atom. The first-order valence-corrected chi connectivity index (χ1v) is 9.46. The van der Waals surface area contributed by atoms with Crippen molar-refractivity contribution in [2.24, 2.45) is 0 Å². The third-order valence-corrected chi connectivity index (χ3v) is 4.52. The molecule has 29 heavy (non-hydrogen) atoms. The van der Waals surface area contributed by atoms with Gasteiger partial charge in [0.2, 0.25) is 0 Å². The number of carbonyl (C=O) groups excluding carboxylic acids is 2. The molecule has 1 saturated heterocycles. The second-order valence-corrected chi connectivity index (χ2v) is 6.95. The molecule has 7 nitrogen and oxygen atoms in total. The number of para-hydroxylation sites is 1. The van der Waals surface area contributed by atoms with E-state index in [1.807, 2.05) is 19.9 Å². The summed E-state index contributed by atoms with van der Waals surface area (Å²) in [6, 6.07) is 10.3. The van der Waals surface area contributed by atoms with E-state index in [4.69, 9.17) is 11.2 Å². The second kappa shape index (κ2) is 9.22. The van der Waals surface area contributed by atoms with Crippen LogP contribution in [0.4, 0.5) is 11.5 Å². The lowest BCUT2D eigenvalue weighted by Crippen LogP contribution is -2.45. The molecule has 0 saturated carbocycles. The highest BCUT2D eigenvalue weighted by atomic mass is 16.5.